The zero-order valence-corrected chi connectivity index (χ0v) is 24.9. The molecule has 4 N–H and O–H groups in total. The van der Waals surface area contributed by atoms with Gasteiger partial charge in [0.05, 0.1) is 23.5 Å². The van der Waals surface area contributed by atoms with Crippen LogP contribution in [0.15, 0.2) is 12.1 Å². The number of aryl methyl sites for hydroxylation is 1. The van der Waals surface area contributed by atoms with Gasteiger partial charge in [-0.15, -0.1) is 0 Å². The third-order valence-corrected chi connectivity index (χ3v) is 10.1. The van der Waals surface area contributed by atoms with Gasteiger partial charge in [0.25, 0.3) is 0 Å². The van der Waals surface area contributed by atoms with Gasteiger partial charge < -0.3 is 19.9 Å². The number of aromatic amines is 1. The van der Waals surface area contributed by atoms with Gasteiger partial charge in [-0.05, 0) is 94.6 Å². The third kappa shape index (κ3) is 5.51. The first-order valence-corrected chi connectivity index (χ1v) is 15.6. The lowest BCUT2D eigenvalue weighted by atomic mass is 9.73. The van der Waals surface area contributed by atoms with Gasteiger partial charge in [0, 0.05) is 44.7 Å². The summed E-state index contributed by atoms with van der Waals surface area (Å²) >= 11 is 0. The number of carbonyl (C=O) groups excluding carboxylic acids is 1. The normalized spacial score (nSPS) is 29.4. The van der Waals surface area contributed by atoms with Crippen LogP contribution in [0.4, 0.5) is 4.39 Å². The number of phenols is 1. The number of likely N-dealkylation sites (N-methyl/N-ethyl adjacent to an activating group) is 1. The number of benzene rings is 1. The first-order valence-electron chi connectivity index (χ1n) is 15.6. The molecule has 2 saturated heterocycles. The summed E-state index contributed by atoms with van der Waals surface area (Å²) in [4.78, 5) is 29.3. The number of carbonyl (C=O) groups is 1. The van der Waals surface area contributed by atoms with Crippen molar-refractivity contribution in [3.8, 4) is 5.75 Å². The van der Waals surface area contributed by atoms with Gasteiger partial charge in [-0.2, -0.15) is 0 Å². The van der Waals surface area contributed by atoms with Gasteiger partial charge in [0.2, 0.25) is 5.91 Å². The molecule has 1 amide bonds. The fraction of sp³-hybridized carbons (Fsp3) is 0.677. The molecule has 3 aliphatic heterocycles. The van der Waals surface area contributed by atoms with Crippen LogP contribution >= 0.6 is 0 Å². The van der Waals surface area contributed by atoms with E-state index in [1.165, 1.54) is 0 Å². The van der Waals surface area contributed by atoms with Crippen molar-refractivity contribution in [1.29, 1.82) is 0 Å². The molecule has 224 valence electrons. The minimum Gasteiger partial charge on any atom is -0.505 e. The number of aromatic hydroxyl groups is 1. The van der Waals surface area contributed by atoms with Crippen LogP contribution in [0.3, 0.4) is 0 Å². The predicted octanol–water partition coefficient (Wildman–Crippen LogP) is 3.22. The summed E-state index contributed by atoms with van der Waals surface area (Å²) in [5.74, 6) is 1.02. The number of hydrogen-bond donors (Lipinski definition) is 4. The van der Waals surface area contributed by atoms with E-state index in [0.717, 1.165) is 86.6 Å². The van der Waals surface area contributed by atoms with E-state index >= 15 is 0 Å². The summed E-state index contributed by atoms with van der Waals surface area (Å²) in [6, 6.07) is 3.53. The fourth-order valence-corrected chi connectivity index (χ4v) is 7.68. The van der Waals surface area contributed by atoms with Crippen molar-refractivity contribution >= 4 is 5.91 Å². The Morgan fingerprint density at radius 2 is 2.00 bits per heavy atom. The average molecular weight is 568 g/mol. The molecule has 41 heavy (non-hydrogen) atoms. The second-order valence-electron chi connectivity index (χ2n) is 12.9. The number of hydrazine groups is 1. The van der Waals surface area contributed by atoms with E-state index in [-0.39, 0.29) is 41.7 Å². The monoisotopic (exact) mass is 567 g/mol. The van der Waals surface area contributed by atoms with Gasteiger partial charge in [-0.1, -0.05) is 6.92 Å². The molecule has 6 rings (SSSR count). The second-order valence-corrected chi connectivity index (χ2v) is 12.9. The molecule has 10 heteroatoms. The Labute approximate surface area is 242 Å². The van der Waals surface area contributed by atoms with Crippen LogP contribution in [0.1, 0.15) is 86.8 Å². The predicted molar refractivity (Wildman–Crippen MR) is 156 cm³/mol. The molecule has 3 fully saturated rings. The van der Waals surface area contributed by atoms with Crippen molar-refractivity contribution in [3.05, 3.63) is 46.3 Å². The zero-order valence-electron chi connectivity index (χ0n) is 24.9. The molecule has 4 aliphatic rings. The van der Waals surface area contributed by atoms with Crippen LogP contribution in [-0.2, 0) is 24.2 Å². The number of hydrogen-bond acceptors (Lipinski definition) is 7. The Kier molecular flexibility index (Phi) is 8.11. The van der Waals surface area contributed by atoms with Crippen molar-refractivity contribution in [3.63, 3.8) is 0 Å². The highest BCUT2D eigenvalue weighted by molar-refractivity contribution is 5.82. The van der Waals surface area contributed by atoms with Gasteiger partial charge in [-0.3, -0.25) is 15.1 Å². The zero-order chi connectivity index (χ0) is 28.8. The first kappa shape index (κ1) is 28.6. The lowest BCUT2D eigenvalue weighted by molar-refractivity contribution is -0.138. The number of nitrogens with one attached hydrogen (secondary N) is 3. The Hall–Kier alpha value is -2.53. The number of imidazole rings is 1. The first-order chi connectivity index (χ1) is 19.7. The lowest BCUT2D eigenvalue weighted by Gasteiger charge is -2.39. The molecule has 4 unspecified atom stereocenters. The quantitative estimate of drug-likeness (QED) is 0.440. The molecule has 4 heterocycles. The van der Waals surface area contributed by atoms with E-state index in [1.807, 2.05) is 0 Å². The molecule has 0 spiro atoms. The number of halogens is 1. The van der Waals surface area contributed by atoms with Crippen molar-refractivity contribution in [2.45, 2.75) is 95.9 Å². The number of amides is 1. The minimum atomic E-state index is -0.536. The molecule has 9 nitrogen and oxygen atoms in total. The van der Waals surface area contributed by atoms with E-state index in [9.17, 15) is 14.3 Å². The van der Waals surface area contributed by atoms with Gasteiger partial charge in [-0.25, -0.2) is 14.8 Å². The van der Waals surface area contributed by atoms with Crippen molar-refractivity contribution in [2.75, 3.05) is 33.2 Å². The van der Waals surface area contributed by atoms with E-state index in [2.05, 4.69) is 58.4 Å². The summed E-state index contributed by atoms with van der Waals surface area (Å²) in [5, 5.41) is 9.88. The van der Waals surface area contributed by atoms with Crippen LogP contribution in [0, 0.1) is 11.7 Å². The summed E-state index contributed by atoms with van der Waals surface area (Å²) < 4.78 is 14.3. The second kappa shape index (κ2) is 11.6. The van der Waals surface area contributed by atoms with Crippen molar-refractivity contribution in [2.24, 2.45) is 5.92 Å². The number of phenolic OH excluding ortho intramolecular Hbond substituents is 1. The Bertz CT molecular complexity index is 1270. The molecule has 0 radical (unpaired) electrons. The highest BCUT2D eigenvalue weighted by Gasteiger charge is 2.44. The minimum absolute atomic E-state index is 0.0662. The van der Waals surface area contributed by atoms with Gasteiger partial charge in [0.15, 0.2) is 11.6 Å². The third-order valence-electron chi connectivity index (χ3n) is 10.1. The topological polar surface area (TPSA) is 99.8 Å². The Morgan fingerprint density at radius 1 is 1.17 bits per heavy atom. The molecule has 1 aromatic carbocycles. The Balaban J connectivity index is 1.17. The average Bonchev–Trinajstić information content (AvgIpc) is 3.51. The van der Waals surface area contributed by atoms with Crippen LogP contribution in [-0.4, -0.2) is 87.0 Å². The summed E-state index contributed by atoms with van der Waals surface area (Å²) in [7, 11) is 2.13. The molecule has 1 aromatic heterocycles. The molecule has 2 aromatic rings. The summed E-state index contributed by atoms with van der Waals surface area (Å²) in [6.07, 6.45) is 5.30. The van der Waals surface area contributed by atoms with Crippen LogP contribution < -0.4 is 10.9 Å². The Morgan fingerprint density at radius 3 is 2.78 bits per heavy atom. The van der Waals surface area contributed by atoms with E-state index in [4.69, 9.17) is 4.98 Å². The summed E-state index contributed by atoms with van der Waals surface area (Å²) in [5.41, 5.74) is 11.3. The van der Waals surface area contributed by atoms with Crippen molar-refractivity contribution < 1.29 is 14.3 Å². The lowest BCUT2D eigenvalue weighted by Crippen LogP contribution is -2.54. The number of rotatable bonds is 5. The SMILES string of the molecule is CCc1cc(O)c(F)cc1C1CCC2C(C1)NNC2c1nc2c([nH]1)CN(C(C)C)[C@H](C(=O)N1CCCN(C)CC1)C2. The fourth-order valence-electron chi connectivity index (χ4n) is 7.68. The molecular formula is C31H46FN7O2. The highest BCUT2D eigenvalue weighted by Crippen LogP contribution is 2.45. The number of H-pyrrole nitrogens is 1. The molecule has 0 bridgehead atoms. The number of nitrogens with zero attached hydrogens (tertiary/aromatic N) is 4. The largest absolute Gasteiger partial charge is 0.505 e. The molecule has 1 aliphatic carbocycles. The highest BCUT2D eigenvalue weighted by atomic mass is 19.1. The molecule has 1 saturated carbocycles. The van der Waals surface area contributed by atoms with E-state index in [0.29, 0.717) is 18.9 Å². The maximum atomic E-state index is 14.3. The van der Waals surface area contributed by atoms with E-state index in [1.54, 1.807) is 12.1 Å². The standard InChI is InChI=1S/C31H46FN7O2/c1-5-19-14-28(40)23(32)15-22(19)20-7-8-21-24(13-20)35-36-29(21)30-33-25-16-27(39(18(2)3)17-26(25)34-30)31(41)38-10-6-9-37(4)11-12-38/h14-15,18,20-21,24,27,29,35-36,40H,5-13,16-17H2,1-4H3,(H,33,34)/t20?,21?,24?,27-,29?/m0/s1. The summed E-state index contributed by atoms with van der Waals surface area (Å²) in [6.45, 7) is 10.7. The maximum Gasteiger partial charge on any atom is 0.240 e. The van der Waals surface area contributed by atoms with Crippen LogP contribution in [0.5, 0.6) is 5.75 Å². The number of aromatic nitrogens is 2. The molecule has 5 atom stereocenters. The van der Waals surface area contributed by atoms with Crippen molar-refractivity contribution in [1.82, 2.24) is 35.5 Å². The van der Waals surface area contributed by atoms with E-state index < -0.39 is 5.82 Å². The van der Waals surface area contributed by atoms with Crippen LogP contribution in [0.2, 0.25) is 0 Å². The number of fused-ring (bicyclic) bond motifs is 2. The van der Waals surface area contributed by atoms with Crippen LogP contribution in [0.25, 0.3) is 0 Å². The maximum absolute atomic E-state index is 14.3. The molecular weight excluding hydrogens is 521 g/mol. The van der Waals surface area contributed by atoms with Gasteiger partial charge in [0.1, 0.15) is 5.82 Å². The smallest absolute Gasteiger partial charge is 0.240 e. The van der Waals surface area contributed by atoms with Gasteiger partial charge >= 0.3 is 0 Å².